The fourth-order valence-corrected chi connectivity index (χ4v) is 1.35. The number of rotatable bonds is 7. The third kappa shape index (κ3) is 7.55. The molecule has 0 aromatic heterocycles. The van der Waals surface area contributed by atoms with Crippen LogP contribution in [0.5, 0.6) is 0 Å². The summed E-state index contributed by atoms with van der Waals surface area (Å²) in [6.07, 6.45) is 3.47. The quantitative estimate of drug-likeness (QED) is 0.213. The van der Waals surface area contributed by atoms with Crippen LogP contribution in [-0.2, 0) is 9.53 Å². The van der Waals surface area contributed by atoms with E-state index in [1.165, 1.54) is 19.3 Å². The molecule has 0 amide bonds. The Morgan fingerprint density at radius 3 is 2.29 bits per heavy atom. The van der Waals surface area contributed by atoms with Gasteiger partial charge in [0.1, 0.15) is 0 Å². The minimum absolute atomic E-state index is 0. The normalized spacial score (nSPS) is 12.5. The van der Waals surface area contributed by atoms with Crippen molar-refractivity contribution in [1.82, 2.24) is 0 Å². The van der Waals surface area contributed by atoms with Crippen molar-refractivity contribution in [3.8, 4) is 0 Å². The Morgan fingerprint density at radius 1 is 1.35 bits per heavy atom. The third-order valence-electron chi connectivity index (χ3n) is 2.95. The Labute approximate surface area is 116 Å². The molecule has 0 aliphatic carbocycles. The van der Waals surface area contributed by atoms with Crippen LogP contribution in [0.4, 0.5) is 0 Å². The average Bonchev–Trinajstić information content (AvgIpc) is 2.17. The van der Waals surface area contributed by atoms with Crippen molar-refractivity contribution < 1.29 is 31.0 Å². The Balaban J connectivity index is 0. The fourth-order valence-electron chi connectivity index (χ4n) is 1.35. The van der Waals surface area contributed by atoms with Gasteiger partial charge in [0.05, 0.1) is 20.6 Å². The van der Waals surface area contributed by atoms with Crippen LogP contribution in [0.2, 0.25) is 0 Å². The maximum Gasteiger partial charge on any atom is 0.337 e. The Hall–Kier alpha value is -0.350. The lowest BCUT2D eigenvalue weighted by molar-refractivity contribution is -0.932. The predicted octanol–water partition coefficient (Wildman–Crippen LogP) is -0.278. The molecule has 4 heteroatoms. The standard InChI is InChI=1S/C13H26NO2.BrH/c1-7-8-9-10-14(5,6)12(4)16-13(15)11(2)3;/h12H,2,7-10H2,1,3-6H3;1H/q+1;/p-1. The molecule has 0 rings (SSSR count). The number of esters is 1. The maximum absolute atomic E-state index is 11.4. The summed E-state index contributed by atoms with van der Waals surface area (Å²) in [4.78, 5) is 11.4. The molecule has 1 atom stereocenters. The monoisotopic (exact) mass is 307 g/mol. The van der Waals surface area contributed by atoms with Gasteiger partial charge in [-0.25, -0.2) is 4.79 Å². The highest BCUT2D eigenvalue weighted by Crippen LogP contribution is 2.12. The summed E-state index contributed by atoms with van der Waals surface area (Å²) in [5.41, 5.74) is 0.459. The first kappa shape index (κ1) is 19.0. The van der Waals surface area contributed by atoms with Crippen molar-refractivity contribution in [3.63, 3.8) is 0 Å². The van der Waals surface area contributed by atoms with Gasteiger partial charge in [-0.2, -0.15) is 0 Å². The molecule has 0 saturated carbocycles. The highest BCUT2D eigenvalue weighted by atomic mass is 79.9. The lowest BCUT2D eigenvalue weighted by Gasteiger charge is -2.35. The number of hydrogen-bond donors (Lipinski definition) is 0. The highest BCUT2D eigenvalue weighted by Gasteiger charge is 2.26. The maximum atomic E-state index is 11.4. The van der Waals surface area contributed by atoms with Crippen molar-refractivity contribution in [2.75, 3.05) is 20.6 Å². The van der Waals surface area contributed by atoms with Gasteiger partial charge in [-0.3, -0.25) is 4.48 Å². The smallest absolute Gasteiger partial charge is 0.337 e. The van der Waals surface area contributed by atoms with E-state index in [1.807, 2.05) is 6.92 Å². The van der Waals surface area contributed by atoms with Gasteiger partial charge in [0.2, 0.25) is 6.23 Å². The van der Waals surface area contributed by atoms with Gasteiger partial charge in [-0.1, -0.05) is 19.9 Å². The molecular weight excluding hydrogens is 282 g/mol. The molecule has 0 heterocycles. The first-order valence-electron chi connectivity index (χ1n) is 6.00. The van der Waals surface area contributed by atoms with Gasteiger partial charge < -0.3 is 21.7 Å². The summed E-state index contributed by atoms with van der Waals surface area (Å²) >= 11 is 0. The number of ether oxygens (including phenoxy) is 1. The second-order valence-electron chi connectivity index (χ2n) is 4.99. The number of nitrogens with zero attached hydrogens (tertiary/aromatic N) is 1. The van der Waals surface area contributed by atoms with Crippen molar-refractivity contribution in [2.45, 2.75) is 46.3 Å². The molecule has 0 aromatic rings. The van der Waals surface area contributed by atoms with Crippen LogP contribution >= 0.6 is 0 Å². The van der Waals surface area contributed by atoms with Crippen molar-refractivity contribution in [2.24, 2.45) is 0 Å². The third-order valence-corrected chi connectivity index (χ3v) is 2.95. The number of halogens is 1. The number of unbranched alkanes of at least 4 members (excludes halogenated alkanes) is 2. The highest BCUT2D eigenvalue weighted by molar-refractivity contribution is 5.86. The molecule has 0 aliphatic rings. The van der Waals surface area contributed by atoms with E-state index in [4.69, 9.17) is 4.74 Å². The lowest BCUT2D eigenvalue weighted by Crippen LogP contribution is -3.00. The molecule has 0 saturated heterocycles. The Kier molecular flexibility index (Phi) is 9.72. The zero-order chi connectivity index (χ0) is 12.8. The summed E-state index contributed by atoms with van der Waals surface area (Å²) < 4.78 is 6.05. The molecule has 1 unspecified atom stereocenters. The van der Waals surface area contributed by atoms with E-state index in [0.717, 1.165) is 6.54 Å². The Morgan fingerprint density at radius 2 is 1.88 bits per heavy atom. The predicted molar refractivity (Wildman–Crippen MR) is 66.9 cm³/mol. The van der Waals surface area contributed by atoms with Crippen LogP contribution in [0.1, 0.15) is 40.0 Å². The van der Waals surface area contributed by atoms with E-state index >= 15 is 0 Å². The van der Waals surface area contributed by atoms with Gasteiger partial charge in [0.15, 0.2) is 0 Å². The molecule has 0 aliphatic heterocycles. The minimum atomic E-state index is -0.297. The molecular formula is C13H26BrNO2. The van der Waals surface area contributed by atoms with E-state index in [-0.39, 0.29) is 29.2 Å². The topological polar surface area (TPSA) is 26.3 Å². The van der Waals surface area contributed by atoms with E-state index < -0.39 is 0 Å². The number of carbonyl (C=O) groups excluding carboxylic acids is 1. The van der Waals surface area contributed by atoms with Crippen molar-refractivity contribution >= 4 is 5.97 Å². The summed E-state index contributed by atoms with van der Waals surface area (Å²) in [6.45, 7) is 10.4. The summed E-state index contributed by atoms with van der Waals surface area (Å²) in [5.74, 6) is -0.297. The van der Waals surface area contributed by atoms with E-state index in [1.54, 1.807) is 6.92 Å². The van der Waals surface area contributed by atoms with Crippen molar-refractivity contribution in [1.29, 1.82) is 0 Å². The van der Waals surface area contributed by atoms with Crippen molar-refractivity contribution in [3.05, 3.63) is 12.2 Å². The van der Waals surface area contributed by atoms with Gasteiger partial charge in [0.25, 0.3) is 0 Å². The molecule has 102 valence electrons. The minimum Gasteiger partial charge on any atom is -1.00 e. The average molecular weight is 308 g/mol. The summed E-state index contributed by atoms with van der Waals surface area (Å²) in [7, 11) is 4.18. The van der Waals surface area contributed by atoms with E-state index in [0.29, 0.717) is 10.1 Å². The second-order valence-corrected chi connectivity index (χ2v) is 4.99. The zero-order valence-corrected chi connectivity index (χ0v) is 13.3. The molecule has 0 spiro atoms. The molecule has 17 heavy (non-hydrogen) atoms. The largest absolute Gasteiger partial charge is 1.00 e. The van der Waals surface area contributed by atoms with Crippen LogP contribution in [-0.4, -0.2) is 37.3 Å². The SMILES string of the molecule is C=C(C)C(=O)OC(C)[N+](C)(C)CCCCC.[Br-]. The molecule has 0 aromatic carbocycles. The van der Waals surface area contributed by atoms with Gasteiger partial charge in [0, 0.05) is 12.5 Å². The number of hydrogen-bond acceptors (Lipinski definition) is 2. The number of quaternary nitrogens is 1. The summed E-state index contributed by atoms with van der Waals surface area (Å²) in [5, 5.41) is 0. The fraction of sp³-hybridized carbons (Fsp3) is 0.769. The number of carbonyl (C=O) groups is 1. The molecule has 0 radical (unpaired) electrons. The van der Waals surface area contributed by atoms with E-state index in [2.05, 4.69) is 27.6 Å². The molecule has 0 bridgehead atoms. The van der Waals surface area contributed by atoms with Crippen LogP contribution in [0.3, 0.4) is 0 Å². The van der Waals surface area contributed by atoms with Gasteiger partial charge in [-0.15, -0.1) is 0 Å². The molecule has 0 N–H and O–H groups in total. The van der Waals surface area contributed by atoms with E-state index in [9.17, 15) is 4.79 Å². The van der Waals surface area contributed by atoms with Crippen LogP contribution < -0.4 is 17.0 Å². The second kappa shape index (κ2) is 8.70. The zero-order valence-electron chi connectivity index (χ0n) is 11.8. The lowest BCUT2D eigenvalue weighted by atomic mass is 10.2. The molecule has 3 nitrogen and oxygen atoms in total. The first-order valence-corrected chi connectivity index (χ1v) is 6.00. The summed E-state index contributed by atoms with van der Waals surface area (Å²) in [6, 6.07) is 0. The van der Waals surface area contributed by atoms with Crippen LogP contribution in [0, 0.1) is 0 Å². The van der Waals surface area contributed by atoms with Crippen LogP contribution in [0.15, 0.2) is 12.2 Å². The van der Waals surface area contributed by atoms with Gasteiger partial charge in [-0.05, 0) is 19.8 Å². The Bertz CT molecular complexity index is 252. The van der Waals surface area contributed by atoms with Gasteiger partial charge >= 0.3 is 5.97 Å². The van der Waals surface area contributed by atoms with Crippen LogP contribution in [0.25, 0.3) is 0 Å². The molecule has 0 fully saturated rings. The first-order chi connectivity index (χ1) is 7.31.